The number of aromatic nitrogens is 2. The van der Waals surface area contributed by atoms with Gasteiger partial charge in [0.05, 0.1) is 0 Å². The molecule has 128 valence electrons. The van der Waals surface area contributed by atoms with Gasteiger partial charge in [0, 0.05) is 42.9 Å². The van der Waals surface area contributed by atoms with Gasteiger partial charge in [-0.05, 0) is 43.2 Å². The van der Waals surface area contributed by atoms with Crippen LogP contribution in [0.1, 0.15) is 31.6 Å². The van der Waals surface area contributed by atoms with E-state index in [0.29, 0.717) is 30.5 Å². The summed E-state index contributed by atoms with van der Waals surface area (Å²) < 4.78 is 5.60. The number of nitrogens with zero attached hydrogens (tertiary/aromatic N) is 3. The van der Waals surface area contributed by atoms with Crippen molar-refractivity contribution < 1.29 is 9.21 Å². The fraction of sp³-hybridized carbons (Fsp3) is 0.588. The summed E-state index contributed by atoms with van der Waals surface area (Å²) >= 11 is 1.59. The van der Waals surface area contributed by atoms with Crippen LogP contribution < -0.4 is 5.32 Å². The topological polar surface area (TPSA) is 71.3 Å². The third-order valence-electron chi connectivity index (χ3n) is 4.77. The summed E-state index contributed by atoms with van der Waals surface area (Å²) in [6.45, 7) is 3.11. The minimum atomic E-state index is 0.0650. The molecule has 1 atom stereocenters. The zero-order valence-corrected chi connectivity index (χ0v) is 14.4. The molecule has 24 heavy (non-hydrogen) atoms. The lowest BCUT2D eigenvalue weighted by Crippen LogP contribution is -2.31. The molecule has 3 heterocycles. The van der Waals surface area contributed by atoms with Crippen LogP contribution in [0.3, 0.4) is 0 Å². The van der Waals surface area contributed by atoms with E-state index in [1.54, 1.807) is 11.3 Å². The van der Waals surface area contributed by atoms with Crippen molar-refractivity contribution in [1.82, 2.24) is 20.4 Å². The van der Waals surface area contributed by atoms with E-state index in [-0.39, 0.29) is 5.91 Å². The molecule has 0 aromatic carbocycles. The van der Waals surface area contributed by atoms with E-state index >= 15 is 0 Å². The molecule has 6 nitrogen and oxygen atoms in total. The highest BCUT2D eigenvalue weighted by Gasteiger charge is 2.34. The number of thiophene rings is 1. The van der Waals surface area contributed by atoms with Crippen molar-refractivity contribution in [2.24, 2.45) is 5.92 Å². The van der Waals surface area contributed by atoms with Crippen molar-refractivity contribution in [1.29, 1.82) is 0 Å². The van der Waals surface area contributed by atoms with Crippen molar-refractivity contribution in [3.8, 4) is 11.5 Å². The molecule has 1 aliphatic carbocycles. The first-order chi connectivity index (χ1) is 11.8. The van der Waals surface area contributed by atoms with E-state index in [2.05, 4.69) is 20.4 Å². The Morgan fingerprint density at radius 3 is 3.08 bits per heavy atom. The number of likely N-dealkylation sites (tertiary alicyclic amines) is 1. The van der Waals surface area contributed by atoms with Gasteiger partial charge in [0.1, 0.15) is 0 Å². The van der Waals surface area contributed by atoms with Gasteiger partial charge in [-0.1, -0.05) is 0 Å². The lowest BCUT2D eigenvalue weighted by Gasteiger charge is -2.15. The molecule has 0 bridgehead atoms. The summed E-state index contributed by atoms with van der Waals surface area (Å²) in [6, 6.07) is 2.78. The second kappa shape index (κ2) is 7.03. The average molecular weight is 346 g/mol. The predicted octanol–water partition coefficient (Wildman–Crippen LogP) is 2.33. The summed E-state index contributed by atoms with van der Waals surface area (Å²) in [4.78, 5) is 14.6. The summed E-state index contributed by atoms with van der Waals surface area (Å²) in [6.07, 6.45) is 4.80. The second-order valence-electron chi connectivity index (χ2n) is 6.70. The minimum absolute atomic E-state index is 0.0650. The maximum atomic E-state index is 12.0. The average Bonchev–Trinajstić information content (AvgIpc) is 3.03. The first kappa shape index (κ1) is 15.8. The van der Waals surface area contributed by atoms with E-state index in [4.69, 9.17) is 4.42 Å². The Kier molecular flexibility index (Phi) is 4.62. The van der Waals surface area contributed by atoms with Crippen molar-refractivity contribution in [2.45, 2.75) is 38.1 Å². The molecule has 1 aliphatic heterocycles. The number of aryl methyl sites for hydroxylation is 1. The first-order valence-corrected chi connectivity index (χ1v) is 9.58. The number of carbonyl (C=O) groups is 1. The van der Waals surface area contributed by atoms with E-state index in [1.807, 2.05) is 16.8 Å². The van der Waals surface area contributed by atoms with Gasteiger partial charge in [0.25, 0.3) is 0 Å². The SMILES string of the molecule is O=C(CCc1nnc(-c2ccsc2)o1)NC[C@H]1CCN(C2CC2)C1. The molecule has 1 saturated carbocycles. The fourth-order valence-corrected chi connectivity index (χ4v) is 3.85. The molecule has 1 saturated heterocycles. The third-order valence-corrected chi connectivity index (χ3v) is 5.45. The largest absolute Gasteiger partial charge is 0.421 e. The number of hydrogen-bond donors (Lipinski definition) is 1. The van der Waals surface area contributed by atoms with Crippen LogP contribution in [0.5, 0.6) is 0 Å². The number of rotatable bonds is 7. The third kappa shape index (κ3) is 3.84. The monoisotopic (exact) mass is 346 g/mol. The van der Waals surface area contributed by atoms with E-state index in [9.17, 15) is 4.79 Å². The quantitative estimate of drug-likeness (QED) is 0.833. The Hall–Kier alpha value is -1.73. The molecule has 4 rings (SSSR count). The Balaban J connectivity index is 1.18. The lowest BCUT2D eigenvalue weighted by molar-refractivity contribution is -0.121. The summed E-state index contributed by atoms with van der Waals surface area (Å²) in [5.41, 5.74) is 0.935. The smallest absolute Gasteiger partial charge is 0.248 e. The van der Waals surface area contributed by atoms with Crippen molar-refractivity contribution >= 4 is 17.2 Å². The van der Waals surface area contributed by atoms with Crippen LogP contribution in [-0.4, -0.2) is 46.7 Å². The molecule has 2 fully saturated rings. The maximum Gasteiger partial charge on any atom is 0.248 e. The van der Waals surface area contributed by atoms with E-state index in [0.717, 1.165) is 24.7 Å². The second-order valence-corrected chi connectivity index (χ2v) is 7.48. The standard InChI is InChI=1S/C17H22N4O2S/c22-15(18-9-12-5-7-21(10-12)14-1-2-14)3-4-16-19-20-17(23-16)13-6-8-24-11-13/h6,8,11-12,14H,1-5,7,9-10H2,(H,18,22)/t12-/m1/s1. The number of carbonyl (C=O) groups excluding carboxylic acids is 1. The Morgan fingerprint density at radius 1 is 1.38 bits per heavy atom. The van der Waals surface area contributed by atoms with Crippen LogP contribution in [0.15, 0.2) is 21.2 Å². The molecule has 2 aliphatic rings. The molecular formula is C17H22N4O2S. The highest BCUT2D eigenvalue weighted by molar-refractivity contribution is 7.08. The zero-order valence-electron chi connectivity index (χ0n) is 13.6. The van der Waals surface area contributed by atoms with Crippen molar-refractivity contribution in [3.05, 3.63) is 22.7 Å². The minimum Gasteiger partial charge on any atom is -0.421 e. The van der Waals surface area contributed by atoms with Crippen LogP contribution in [-0.2, 0) is 11.2 Å². The Morgan fingerprint density at radius 2 is 2.29 bits per heavy atom. The molecule has 0 unspecified atom stereocenters. The molecule has 0 spiro atoms. The molecule has 2 aromatic rings. The maximum absolute atomic E-state index is 12.0. The fourth-order valence-electron chi connectivity index (χ4n) is 3.23. The molecular weight excluding hydrogens is 324 g/mol. The highest BCUT2D eigenvalue weighted by Crippen LogP contribution is 2.31. The molecule has 1 N–H and O–H groups in total. The summed E-state index contributed by atoms with van der Waals surface area (Å²) in [5.74, 6) is 1.71. The number of amides is 1. The van der Waals surface area contributed by atoms with E-state index in [1.165, 1.54) is 25.8 Å². The van der Waals surface area contributed by atoms with Crippen LogP contribution >= 0.6 is 11.3 Å². The van der Waals surface area contributed by atoms with Crippen LogP contribution in [0.25, 0.3) is 11.5 Å². The Bertz CT molecular complexity index is 681. The molecule has 0 radical (unpaired) electrons. The van der Waals surface area contributed by atoms with Gasteiger partial charge in [-0.25, -0.2) is 0 Å². The van der Waals surface area contributed by atoms with E-state index < -0.39 is 0 Å². The Labute approximate surface area is 145 Å². The molecule has 1 amide bonds. The van der Waals surface area contributed by atoms with Gasteiger partial charge in [-0.3, -0.25) is 4.79 Å². The van der Waals surface area contributed by atoms with Gasteiger partial charge in [-0.15, -0.1) is 10.2 Å². The van der Waals surface area contributed by atoms with Crippen LogP contribution in [0.2, 0.25) is 0 Å². The van der Waals surface area contributed by atoms with Gasteiger partial charge < -0.3 is 14.6 Å². The number of nitrogens with one attached hydrogen (secondary N) is 1. The normalized spacial score (nSPS) is 21.2. The van der Waals surface area contributed by atoms with Gasteiger partial charge in [-0.2, -0.15) is 11.3 Å². The van der Waals surface area contributed by atoms with Crippen LogP contribution in [0.4, 0.5) is 0 Å². The van der Waals surface area contributed by atoms with Gasteiger partial charge in [0.15, 0.2) is 0 Å². The summed E-state index contributed by atoms with van der Waals surface area (Å²) in [7, 11) is 0. The van der Waals surface area contributed by atoms with Crippen molar-refractivity contribution in [2.75, 3.05) is 19.6 Å². The highest BCUT2D eigenvalue weighted by atomic mass is 32.1. The molecule has 2 aromatic heterocycles. The van der Waals surface area contributed by atoms with Crippen molar-refractivity contribution in [3.63, 3.8) is 0 Å². The zero-order chi connectivity index (χ0) is 16.4. The summed E-state index contributed by atoms with van der Waals surface area (Å²) in [5, 5.41) is 15.0. The number of hydrogen-bond acceptors (Lipinski definition) is 6. The lowest BCUT2D eigenvalue weighted by atomic mass is 10.1. The molecule has 7 heteroatoms. The van der Waals surface area contributed by atoms with Gasteiger partial charge in [0.2, 0.25) is 17.7 Å². The first-order valence-electron chi connectivity index (χ1n) is 8.63. The van der Waals surface area contributed by atoms with Crippen LogP contribution in [0, 0.1) is 5.92 Å². The predicted molar refractivity (Wildman–Crippen MR) is 91.6 cm³/mol. The van der Waals surface area contributed by atoms with Gasteiger partial charge >= 0.3 is 0 Å².